The molecule has 2 N–H and O–H groups in total. The Morgan fingerprint density at radius 1 is 0.583 bits per heavy atom. The molecular weight excluding hydrogens is 312 g/mol. The van der Waals surface area contributed by atoms with E-state index in [4.69, 9.17) is 29.2 Å². The molecule has 0 saturated heterocycles. The van der Waals surface area contributed by atoms with Gasteiger partial charge in [-0.3, -0.25) is 0 Å². The molecule has 4 atom stereocenters. The Morgan fingerprint density at radius 2 is 1.04 bits per heavy atom. The van der Waals surface area contributed by atoms with Gasteiger partial charge in [-0.15, -0.1) is 0 Å². The minimum absolute atomic E-state index is 0.0646. The van der Waals surface area contributed by atoms with E-state index in [1.165, 1.54) is 25.7 Å². The summed E-state index contributed by atoms with van der Waals surface area (Å²) in [7, 11) is 0. The topological polar surface area (TPSA) is 77.4 Å². The van der Waals surface area contributed by atoms with Crippen molar-refractivity contribution in [3.63, 3.8) is 0 Å². The van der Waals surface area contributed by atoms with Crippen molar-refractivity contribution in [2.24, 2.45) is 11.8 Å². The molecule has 0 aromatic carbocycles. The fourth-order valence-electron chi connectivity index (χ4n) is 4.15. The minimum Gasteiger partial charge on any atom is -0.394 e. The van der Waals surface area contributed by atoms with Gasteiger partial charge in [0.15, 0.2) is 0 Å². The van der Waals surface area contributed by atoms with E-state index in [2.05, 4.69) is 0 Å². The maximum Gasteiger partial charge on any atom is 0.0704 e. The highest BCUT2D eigenvalue weighted by Gasteiger charge is 2.41. The normalized spacial score (nSPS) is 30.2. The molecule has 2 fully saturated rings. The van der Waals surface area contributed by atoms with Crippen LogP contribution in [0.1, 0.15) is 38.5 Å². The Balaban J connectivity index is 1.71. The second kappa shape index (κ2) is 12.2. The maximum atomic E-state index is 8.72. The third-order valence-corrected chi connectivity index (χ3v) is 5.15. The smallest absolute Gasteiger partial charge is 0.0704 e. The van der Waals surface area contributed by atoms with Crippen LogP contribution in [0.4, 0.5) is 0 Å². The summed E-state index contributed by atoms with van der Waals surface area (Å²) in [6.45, 7) is 3.21. The first kappa shape index (κ1) is 20.1. The second-order valence-electron chi connectivity index (χ2n) is 6.68. The molecule has 0 aromatic rings. The monoisotopic (exact) mass is 346 g/mol. The highest BCUT2D eigenvalue weighted by atomic mass is 16.5. The molecule has 0 bridgehead atoms. The van der Waals surface area contributed by atoms with E-state index < -0.39 is 0 Å². The summed E-state index contributed by atoms with van der Waals surface area (Å²) in [6.07, 6.45) is 7.76. The number of fused-ring (bicyclic) bond motifs is 1. The van der Waals surface area contributed by atoms with Gasteiger partial charge in [0.2, 0.25) is 0 Å². The molecule has 2 rings (SSSR count). The number of ether oxygens (including phenoxy) is 4. The Kier molecular flexibility index (Phi) is 10.2. The standard InChI is InChI=1S/C18H34O6/c19-7-9-21-11-13-23-17-5-1-3-15-16(17)4-2-6-18(15)24-14-12-22-10-8-20/h15-20H,1-14H2. The van der Waals surface area contributed by atoms with E-state index in [-0.39, 0.29) is 13.2 Å². The Labute approximate surface area is 145 Å². The van der Waals surface area contributed by atoms with Crippen LogP contribution in [0.15, 0.2) is 0 Å². The molecule has 0 heterocycles. The molecule has 0 spiro atoms. The van der Waals surface area contributed by atoms with Crippen molar-refractivity contribution in [1.29, 1.82) is 0 Å². The number of aliphatic hydroxyl groups is 2. The zero-order valence-electron chi connectivity index (χ0n) is 14.7. The molecule has 6 heteroatoms. The third kappa shape index (κ3) is 6.58. The van der Waals surface area contributed by atoms with Crippen molar-refractivity contribution in [3.8, 4) is 0 Å². The van der Waals surface area contributed by atoms with Crippen LogP contribution in [-0.2, 0) is 18.9 Å². The van der Waals surface area contributed by atoms with E-state index >= 15 is 0 Å². The first-order chi connectivity index (χ1) is 11.9. The van der Waals surface area contributed by atoms with E-state index in [0.29, 0.717) is 63.7 Å². The maximum absolute atomic E-state index is 8.72. The van der Waals surface area contributed by atoms with Gasteiger partial charge < -0.3 is 29.2 Å². The van der Waals surface area contributed by atoms with Crippen molar-refractivity contribution in [3.05, 3.63) is 0 Å². The first-order valence-electron chi connectivity index (χ1n) is 9.47. The lowest BCUT2D eigenvalue weighted by Crippen LogP contribution is -2.44. The van der Waals surface area contributed by atoms with Gasteiger partial charge >= 0.3 is 0 Å². The van der Waals surface area contributed by atoms with Crippen molar-refractivity contribution in [2.45, 2.75) is 50.7 Å². The Bertz CT molecular complexity index is 284. The average Bonchev–Trinajstić information content (AvgIpc) is 2.61. The SMILES string of the molecule is OCCOCCOC1CCCC2C(OCCOCCO)CCCC12. The largest absolute Gasteiger partial charge is 0.394 e. The van der Waals surface area contributed by atoms with Crippen LogP contribution in [-0.4, -0.2) is 75.3 Å². The summed E-state index contributed by atoms with van der Waals surface area (Å²) in [5.41, 5.74) is 0. The van der Waals surface area contributed by atoms with Crippen LogP contribution in [0.5, 0.6) is 0 Å². The molecular formula is C18H34O6. The summed E-state index contributed by atoms with van der Waals surface area (Å²) in [4.78, 5) is 0. The molecule has 142 valence electrons. The molecule has 0 aromatic heterocycles. The first-order valence-corrected chi connectivity index (χ1v) is 9.47. The van der Waals surface area contributed by atoms with Crippen LogP contribution < -0.4 is 0 Å². The lowest BCUT2D eigenvalue weighted by atomic mass is 9.68. The van der Waals surface area contributed by atoms with Crippen molar-refractivity contribution in [1.82, 2.24) is 0 Å². The molecule has 6 nitrogen and oxygen atoms in total. The van der Waals surface area contributed by atoms with Gasteiger partial charge in [-0.2, -0.15) is 0 Å². The third-order valence-electron chi connectivity index (χ3n) is 5.15. The Hall–Kier alpha value is -0.240. The summed E-state index contributed by atoms with van der Waals surface area (Å²) in [5.74, 6) is 1.18. The van der Waals surface area contributed by atoms with Crippen LogP contribution in [0.3, 0.4) is 0 Å². The molecule has 0 amide bonds. The molecule has 4 unspecified atom stereocenters. The lowest BCUT2D eigenvalue weighted by molar-refractivity contribution is -0.117. The van der Waals surface area contributed by atoms with Crippen molar-refractivity contribution >= 4 is 0 Å². The van der Waals surface area contributed by atoms with Crippen molar-refractivity contribution < 1.29 is 29.2 Å². The van der Waals surface area contributed by atoms with Gasteiger partial charge in [0.05, 0.1) is 65.1 Å². The highest BCUT2D eigenvalue weighted by Crippen LogP contribution is 2.43. The van der Waals surface area contributed by atoms with Gasteiger partial charge in [0, 0.05) is 0 Å². The van der Waals surface area contributed by atoms with E-state index in [0.717, 1.165) is 12.8 Å². The van der Waals surface area contributed by atoms with Gasteiger partial charge in [-0.05, 0) is 37.5 Å². The van der Waals surface area contributed by atoms with Gasteiger partial charge in [0.1, 0.15) is 0 Å². The zero-order chi connectivity index (χ0) is 17.0. The number of hydrogen-bond acceptors (Lipinski definition) is 6. The number of hydrogen-bond donors (Lipinski definition) is 2. The predicted molar refractivity (Wildman–Crippen MR) is 90.0 cm³/mol. The molecule has 0 aliphatic heterocycles. The van der Waals surface area contributed by atoms with E-state index in [1.54, 1.807) is 0 Å². The fraction of sp³-hybridized carbons (Fsp3) is 1.00. The van der Waals surface area contributed by atoms with Crippen LogP contribution >= 0.6 is 0 Å². The molecule has 2 aliphatic carbocycles. The van der Waals surface area contributed by atoms with E-state index in [1.807, 2.05) is 0 Å². The fourth-order valence-corrected chi connectivity index (χ4v) is 4.15. The zero-order valence-corrected chi connectivity index (χ0v) is 14.7. The average molecular weight is 346 g/mol. The summed E-state index contributed by atoms with van der Waals surface area (Å²) in [6, 6.07) is 0. The minimum atomic E-state index is 0.0646. The molecule has 2 saturated carbocycles. The van der Waals surface area contributed by atoms with Crippen molar-refractivity contribution in [2.75, 3.05) is 52.9 Å². The molecule has 24 heavy (non-hydrogen) atoms. The predicted octanol–water partition coefficient (Wildman–Crippen LogP) is 1.37. The van der Waals surface area contributed by atoms with Crippen LogP contribution in [0.25, 0.3) is 0 Å². The summed E-state index contributed by atoms with van der Waals surface area (Å²) >= 11 is 0. The summed E-state index contributed by atoms with van der Waals surface area (Å²) in [5, 5.41) is 17.4. The van der Waals surface area contributed by atoms with Crippen LogP contribution in [0, 0.1) is 11.8 Å². The van der Waals surface area contributed by atoms with Gasteiger partial charge in [-0.25, -0.2) is 0 Å². The Morgan fingerprint density at radius 3 is 1.46 bits per heavy atom. The molecule has 2 aliphatic rings. The van der Waals surface area contributed by atoms with Gasteiger partial charge in [-0.1, -0.05) is 12.8 Å². The summed E-state index contributed by atoms with van der Waals surface area (Å²) < 4.78 is 22.8. The molecule has 0 radical (unpaired) electrons. The van der Waals surface area contributed by atoms with Crippen LogP contribution in [0.2, 0.25) is 0 Å². The quantitative estimate of drug-likeness (QED) is 0.520. The number of aliphatic hydroxyl groups excluding tert-OH is 2. The number of rotatable bonds is 12. The van der Waals surface area contributed by atoms with E-state index in [9.17, 15) is 0 Å². The lowest BCUT2D eigenvalue weighted by Gasteiger charge is -2.45. The second-order valence-corrected chi connectivity index (χ2v) is 6.68. The highest BCUT2D eigenvalue weighted by molar-refractivity contribution is 4.91. The van der Waals surface area contributed by atoms with Gasteiger partial charge in [0.25, 0.3) is 0 Å².